The van der Waals surface area contributed by atoms with E-state index in [-0.39, 0.29) is 42.7 Å². The number of amides is 1. The second-order valence-electron chi connectivity index (χ2n) is 6.33. The number of rotatable bonds is 9. The van der Waals surface area contributed by atoms with Crippen molar-refractivity contribution in [1.29, 1.82) is 0 Å². The monoisotopic (exact) mass is 412 g/mol. The van der Waals surface area contributed by atoms with Gasteiger partial charge in [-0.05, 0) is 55.5 Å². The fourth-order valence-electron chi connectivity index (χ4n) is 2.53. The molecule has 1 atom stereocenters. The number of hydrogen-bond acceptors (Lipinski definition) is 7. The van der Waals surface area contributed by atoms with E-state index in [1.165, 1.54) is 30.3 Å². The van der Waals surface area contributed by atoms with Crippen LogP contribution in [0.2, 0.25) is 0 Å². The first-order chi connectivity index (χ1) is 14.4. The summed E-state index contributed by atoms with van der Waals surface area (Å²) in [5, 5.41) is 0. The highest BCUT2D eigenvalue weighted by atomic mass is 19.1. The average Bonchev–Trinajstić information content (AvgIpc) is 2.74. The van der Waals surface area contributed by atoms with Crippen LogP contribution in [0.4, 0.5) is 4.39 Å². The summed E-state index contributed by atoms with van der Waals surface area (Å²) in [4.78, 5) is 20.2. The van der Waals surface area contributed by atoms with Crippen LogP contribution in [0.5, 0.6) is 17.4 Å². The van der Waals surface area contributed by atoms with E-state index in [0.717, 1.165) is 0 Å². The Morgan fingerprint density at radius 1 is 1.07 bits per heavy atom. The van der Waals surface area contributed by atoms with Crippen LogP contribution < -0.4 is 20.9 Å². The number of aromatic nitrogens is 2. The summed E-state index contributed by atoms with van der Waals surface area (Å²) in [6.45, 7) is 2.11. The normalized spacial score (nSPS) is 11.7. The fraction of sp³-hybridized carbons (Fsp3) is 0.190. The standard InChI is InChI=1S/C21H21FN4O4/c1-13(11-28-12-23)29-19-10-18(20(24)27)25-21(26-19)14-2-6-16(7-3-14)30-17-8-4-15(22)5-9-17/h2-10,13H,11-12,23H2,1H3,(H2,24,27). The van der Waals surface area contributed by atoms with Crippen molar-refractivity contribution in [2.24, 2.45) is 11.5 Å². The minimum atomic E-state index is -0.703. The lowest BCUT2D eigenvalue weighted by Crippen LogP contribution is -2.22. The zero-order valence-corrected chi connectivity index (χ0v) is 16.2. The van der Waals surface area contributed by atoms with E-state index in [2.05, 4.69) is 9.97 Å². The number of carbonyl (C=O) groups is 1. The summed E-state index contributed by atoms with van der Waals surface area (Å²) >= 11 is 0. The largest absolute Gasteiger partial charge is 0.472 e. The Hall–Kier alpha value is -3.56. The minimum Gasteiger partial charge on any atom is -0.472 e. The molecule has 156 valence electrons. The molecule has 2 aromatic carbocycles. The van der Waals surface area contributed by atoms with Gasteiger partial charge in [0.1, 0.15) is 29.1 Å². The Labute approximate surface area is 172 Å². The maximum atomic E-state index is 13.0. The smallest absolute Gasteiger partial charge is 0.267 e. The van der Waals surface area contributed by atoms with Gasteiger partial charge in [0.2, 0.25) is 5.88 Å². The van der Waals surface area contributed by atoms with Crippen LogP contribution in [0.25, 0.3) is 11.4 Å². The van der Waals surface area contributed by atoms with Crippen LogP contribution in [0, 0.1) is 5.82 Å². The fourth-order valence-corrected chi connectivity index (χ4v) is 2.53. The number of halogens is 1. The van der Waals surface area contributed by atoms with Gasteiger partial charge in [0.15, 0.2) is 5.82 Å². The van der Waals surface area contributed by atoms with Crippen molar-refractivity contribution in [1.82, 2.24) is 9.97 Å². The molecule has 0 fully saturated rings. The Kier molecular flexibility index (Phi) is 6.89. The third kappa shape index (κ3) is 5.72. The second kappa shape index (κ2) is 9.77. The van der Waals surface area contributed by atoms with E-state index in [9.17, 15) is 9.18 Å². The van der Waals surface area contributed by atoms with Gasteiger partial charge in [0.25, 0.3) is 5.91 Å². The summed E-state index contributed by atoms with van der Waals surface area (Å²) in [6, 6.07) is 13.9. The predicted molar refractivity (Wildman–Crippen MR) is 108 cm³/mol. The molecule has 9 heteroatoms. The Morgan fingerprint density at radius 3 is 2.30 bits per heavy atom. The van der Waals surface area contributed by atoms with Gasteiger partial charge in [-0.3, -0.25) is 4.79 Å². The minimum absolute atomic E-state index is 0.0218. The molecule has 1 unspecified atom stereocenters. The second-order valence-corrected chi connectivity index (χ2v) is 6.33. The van der Waals surface area contributed by atoms with Gasteiger partial charge in [0, 0.05) is 11.6 Å². The zero-order chi connectivity index (χ0) is 21.5. The molecule has 0 bridgehead atoms. The lowest BCUT2D eigenvalue weighted by molar-refractivity contribution is 0.0597. The van der Waals surface area contributed by atoms with Crippen LogP contribution in [0.15, 0.2) is 54.6 Å². The lowest BCUT2D eigenvalue weighted by atomic mass is 10.2. The molecule has 0 aliphatic carbocycles. The van der Waals surface area contributed by atoms with Gasteiger partial charge >= 0.3 is 0 Å². The van der Waals surface area contributed by atoms with Gasteiger partial charge in [0.05, 0.1) is 13.3 Å². The molecule has 3 rings (SSSR count). The van der Waals surface area contributed by atoms with Crippen LogP contribution in [-0.2, 0) is 4.74 Å². The molecular weight excluding hydrogens is 391 g/mol. The molecule has 0 radical (unpaired) electrons. The molecule has 0 saturated carbocycles. The maximum absolute atomic E-state index is 13.0. The SMILES string of the molecule is CC(COCN)Oc1cc(C(N)=O)nc(-c2ccc(Oc3ccc(F)cc3)cc2)n1. The number of primary amides is 1. The molecule has 0 aliphatic rings. The topological polar surface area (TPSA) is 123 Å². The number of nitrogens with two attached hydrogens (primary N) is 2. The highest BCUT2D eigenvalue weighted by molar-refractivity contribution is 5.91. The summed E-state index contributed by atoms with van der Waals surface area (Å²) in [5.41, 5.74) is 11.3. The molecule has 8 nitrogen and oxygen atoms in total. The van der Waals surface area contributed by atoms with Gasteiger partial charge in [-0.2, -0.15) is 4.98 Å². The Balaban J connectivity index is 1.81. The van der Waals surface area contributed by atoms with Gasteiger partial charge < -0.3 is 25.7 Å². The molecule has 1 heterocycles. The first kappa shape index (κ1) is 21.2. The molecule has 30 heavy (non-hydrogen) atoms. The summed E-state index contributed by atoms with van der Waals surface area (Å²) < 4.78 is 29.5. The molecule has 1 amide bonds. The van der Waals surface area contributed by atoms with Crippen LogP contribution >= 0.6 is 0 Å². The van der Waals surface area contributed by atoms with Crippen molar-refractivity contribution >= 4 is 5.91 Å². The van der Waals surface area contributed by atoms with Crippen molar-refractivity contribution in [3.8, 4) is 28.8 Å². The molecular formula is C21H21FN4O4. The molecule has 0 saturated heterocycles. The van der Waals surface area contributed by atoms with Crippen molar-refractivity contribution in [2.45, 2.75) is 13.0 Å². The van der Waals surface area contributed by atoms with Crippen LogP contribution in [0.3, 0.4) is 0 Å². The number of ether oxygens (including phenoxy) is 3. The Morgan fingerprint density at radius 2 is 1.70 bits per heavy atom. The van der Waals surface area contributed by atoms with Gasteiger partial charge in [-0.1, -0.05) is 0 Å². The molecule has 1 aromatic heterocycles. The summed E-state index contributed by atoms with van der Waals surface area (Å²) in [6.07, 6.45) is -0.344. The predicted octanol–water partition coefficient (Wildman–Crippen LogP) is 2.87. The third-order valence-corrected chi connectivity index (χ3v) is 3.91. The number of carbonyl (C=O) groups excluding carboxylic acids is 1. The molecule has 0 spiro atoms. The Bertz CT molecular complexity index is 997. The van der Waals surface area contributed by atoms with Crippen LogP contribution in [-0.4, -0.2) is 35.3 Å². The summed E-state index contributed by atoms with van der Waals surface area (Å²) in [5.74, 6) is 0.452. The molecule has 4 N–H and O–H groups in total. The van der Waals surface area contributed by atoms with E-state index in [0.29, 0.717) is 17.1 Å². The van der Waals surface area contributed by atoms with Crippen molar-refractivity contribution in [3.05, 3.63) is 66.1 Å². The van der Waals surface area contributed by atoms with E-state index in [1.54, 1.807) is 31.2 Å². The van der Waals surface area contributed by atoms with E-state index in [1.807, 2.05) is 0 Å². The molecule has 3 aromatic rings. The number of benzene rings is 2. The van der Waals surface area contributed by atoms with Crippen molar-refractivity contribution in [3.63, 3.8) is 0 Å². The maximum Gasteiger partial charge on any atom is 0.267 e. The molecule has 0 aliphatic heterocycles. The zero-order valence-electron chi connectivity index (χ0n) is 16.2. The number of hydrogen-bond donors (Lipinski definition) is 2. The van der Waals surface area contributed by atoms with E-state index >= 15 is 0 Å². The highest BCUT2D eigenvalue weighted by Crippen LogP contribution is 2.26. The number of nitrogens with zero attached hydrogens (tertiary/aromatic N) is 2. The first-order valence-corrected chi connectivity index (χ1v) is 9.12. The average molecular weight is 412 g/mol. The lowest BCUT2D eigenvalue weighted by Gasteiger charge is -2.14. The third-order valence-electron chi connectivity index (χ3n) is 3.91. The summed E-state index contributed by atoms with van der Waals surface area (Å²) in [7, 11) is 0. The van der Waals surface area contributed by atoms with Gasteiger partial charge in [-0.25, -0.2) is 9.37 Å². The first-order valence-electron chi connectivity index (χ1n) is 9.12. The van der Waals surface area contributed by atoms with Crippen LogP contribution in [0.1, 0.15) is 17.4 Å². The quantitative estimate of drug-likeness (QED) is 0.518. The van der Waals surface area contributed by atoms with Gasteiger partial charge in [-0.15, -0.1) is 0 Å². The van der Waals surface area contributed by atoms with E-state index in [4.69, 9.17) is 25.7 Å². The van der Waals surface area contributed by atoms with E-state index < -0.39 is 5.91 Å². The van der Waals surface area contributed by atoms with Crippen molar-refractivity contribution < 1.29 is 23.4 Å². The highest BCUT2D eigenvalue weighted by Gasteiger charge is 2.14. The van der Waals surface area contributed by atoms with Crippen molar-refractivity contribution in [2.75, 3.05) is 13.3 Å².